The van der Waals surface area contributed by atoms with Crippen molar-refractivity contribution in [1.29, 1.82) is 0 Å². The molecule has 130 valence electrons. The average Bonchev–Trinajstić information content (AvgIpc) is 3.15. The minimum absolute atomic E-state index is 0.0131. The summed E-state index contributed by atoms with van der Waals surface area (Å²) in [5.41, 5.74) is 1.52. The number of carbonyl (C=O) groups excluding carboxylic acids is 1. The second-order valence-electron chi connectivity index (χ2n) is 6.54. The van der Waals surface area contributed by atoms with Gasteiger partial charge in [0.2, 0.25) is 0 Å². The Balaban J connectivity index is 1.79. The molecule has 0 bridgehead atoms. The van der Waals surface area contributed by atoms with Gasteiger partial charge < -0.3 is 14.4 Å². The van der Waals surface area contributed by atoms with Crippen LogP contribution in [0.15, 0.2) is 29.0 Å². The average molecular weight is 331 g/mol. The number of likely N-dealkylation sites (tertiary alicyclic amines) is 1. The molecule has 2 aromatic rings. The van der Waals surface area contributed by atoms with Gasteiger partial charge in [0.25, 0.3) is 5.91 Å². The summed E-state index contributed by atoms with van der Waals surface area (Å²) in [6.07, 6.45) is 7.11. The third-order valence-corrected chi connectivity index (χ3v) is 4.97. The Bertz CT molecular complexity index is 678. The first-order valence-electron chi connectivity index (χ1n) is 8.59. The van der Waals surface area contributed by atoms with E-state index in [9.17, 15) is 9.90 Å². The maximum absolute atomic E-state index is 13.0. The number of hydrogen-bond acceptors (Lipinski definition) is 4. The van der Waals surface area contributed by atoms with Crippen LogP contribution >= 0.6 is 0 Å². The van der Waals surface area contributed by atoms with Crippen LogP contribution in [-0.2, 0) is 7.05 Å². The third-order valence-electron chi connectivity index (χ3n) is 4.97. The van der Waals surface area contributed by atoms with Crippen LogP contribution in [0.1, 0.15) is 60.0 Å². The minimum atomic E-state index is -0.687. The molecule has 0 aromatic carbocycles. The van der Waals surface area contributed by atoms with Gasteiger partial charge in [0.1, 0.15) is 11.9 Å². The Morgan fingerprint density at radius 2 is 2.29 bits per heavy atom. The number of aryl methyl sites for hydroxylation is 1. The number of carbonyl (C=O) groups is 1. The van der Waals surface area contributed by atoms with E-state index in [0.29, 0.717) is 17.7 Å². The lowest BCUT2D eigenvalue weighted by Gasteiger charge is -2.31. The van der Waals surface area contributed by atoms with Crippen LogP contribution in [0.25, 0.3) is 0 Å². The molecule has 24 heavy (non-hydrogen) atoms. The van der Waals surface area contributed by atoms with E-state index >= 15 is 0 Å². The van der Waals surface area contributed by atoms with E-state index in [4.69, 9.17) is 4.42 Å². The molecular weight excluding hydrogens is 306 g/mol. The topological polar surface area (TPSA) is 71.5 Å². The van der Waals surface area contributed by atoms with Gasteiger partial charge in [-0.05, 0) is 31.9 Å². The molecular formula is C18H25N3O3. The molecule has 3 heterocycles. The zero-order valence-corrected chi connectivity index (χ0v) is 14.3. The molecule has 1 fully saturated rings. The highest BCUT2D eigenvalue weighted by Crippen LogP contribution is 2.28. The number of aliphatic hydroxyl groups is 1. The van der Waals surface area contributed by atoms with Gasteiger partial charge in [-0.1, -0.05) is 12.8 Å². The fraction of sp³-hybridized carbons (Fsp3) is 0.556. The number of nitrogens with zero attached hydrogens (tertiary/aromatic N) is 3. The van der Waals surface area contributed by atoms with Crippen molar-refractivity contribution in [3.63, 3.8) is 0 Å². The van der Waals surface area contributed by atoms with Crippen molar-refractivity contribution in [1.82, 2.24) is 14.7 Å². The van der Waals surface area contributed by atoms with Gasteiger partial charge in [-0.2, -0.15) is 5.10 Å². The second-order valence-corrected chi connectivity index (χ2v) is 6.54. The van der Waals surface area contributed by atoms with Crippen LogP contribution in [0.3, 0.4) is 0 Å². The normalized spacial score (nSPS) is 20.0. The van der Waals surface area contributed by atoms with E-state index < -0.39 is 6.10 Å². The highest BCUT2D eigenvalue weighted by Gasteiger charge is 2.30. The quantitative estimate of drug-likeness (QED) is 0.935. The Labute approximate surface area is 142 Å². The van der Waals surface area contributed by atoms with Crippen molar-refractivity contribution in [3.8, 4) is 0 Å². The predicted molar refractivity (Wildman–Crippen MR) is 89.5 cm³/mol. The number of rotatable bonds is 4. The summed E-state index contributed by atoms with van der Waals surface area (Å²) in [7, 11) is 1.84. The van der Waals surface area contributed by atoms with Crippen LogP contribution in [-0.4, -0.2) is 38.3 Å². The number of aliphatic hydroxyl groups excluding tert-OH is 1. The van der Waals surface area contributed by atoms with Gasteiger partial charge in [0.15, 0.2) is 0 Å². The largest absolute Gasteiger partial charge is 0.467 e. The van der Waals surface area contributed by atoms with Crippen LogP contribution in [0.4, 0.5) is 0 Å². The maximum atomic E-state index is 13.0. The lowest BCUT2D eigenvalue weighted by atomic mass is 10.0. The number of furan rings is 1. The molecule has 0 spiro atoms. The fourth-order valence-corrected chi connectivity index (χ4v) is 3.41. The summed E-state index contributed by atoms with van der Waals surface area (Å²) in [5, 5.41) is 14.6. The molecule has 6 heteroatoms. The zero-order valence-electron chi connectivity index (χ0n) is 14.3. The smallest absolute Gasteiger partial charge is 0.257 e. The Morgan fingerprint density at radius 3 is 2.96 bits per heavy atom. The maximum Gasteiger partial charge on any atom is 0.257 e. The molecule has 2 atom stereocenters. The lowest BCUT2D eigenvalue weighted by molar-refractivity contribution is 0.0556. The van der Waals surface area contributed by atoms with E-state index in [0.717, 1.165) is 37.9 Å². The van der Waals surface area contributed by atoms with Gasteiger partial charge in [0, 0.05) is 31.7 Å². The first-order chi connectivity index (χ1) is 11.6. The first kappa shape index (κ1) is 16.8. The van der Waals surface area contributed by atoms with E-state index in [1.165, 1.54) is 0 Å². The first-order valence-corrected chi connectivity index (χ1v) is 8.59. The molecule has 1 aliphatic rings. The van der Waals surface area contributed by atoms with Crippen molar-refractivity contribution in [2.24, 2.45) is 7.05 Å². The molecule has 3 rings (SSSR count). The summed E-state index contributed by atoms with van der Waals surface area (Å²) in [5.74, 6) is 0.573. The molecule has 6 nitrogen and oxygen atoms in total. The Kier molecular flexibility index (Phi) is 5.04. The van der Waals surface area contributed by atoms with E-state index in [1.807, 2.05) is 18.9 Å². The summed E-state index contributed by atoms with van der Waals surface area (Å²) < 4.78 is 7.02. The number of amides is 1. The van der Waals surface area contributed by atoms with Crippen LogP contribution in [0.2, 0.25) is 0 Å². The van der Waals surface area contributed by atoms with Gasteiger partial charge in [-0.25, -0.2) is 0 Å². The fourth-order valence-electron chi connectivity index (χ4n) is 3.41. The minimum Gasteiger partial charge on any atom is -0.467 e. The van der Waals surface area contributed by atoms with Crippen molar-refractivity contribution < 1.29 is 14.3 Å². The lowest BCUT2D eigenvalue weighted by Crippen LogP contribution is -2.41. The summed E-state index contributed by atoms with van der Waals surface area (Å²) >= 11 is 0. The van der Waals surface area contributed by atoms with E-state index in [1.54, 1.807) is 29.3 Å². The van der Waals surface area contributed by atoms with Crippen LogP contribution in [0.5, 0.6) is 0 Å². The van der Waals surface area contributed by atoms with Gasteiger partial charge in [-0.15, -0.1) is 0 Å². The highest BCUT2D eigenvalue weighted by atomic mass is 16.4. The molecule has 2 unspecified atom stereocenters. The summed E-state index contributed by atoms with van der Waals surface area (Å²) in [6, 6.07) is 3.56. The Morgan fingerprint density at radius 1 is 1.46 bits per heavy atom. The molecule has 1 N–H and O–H groups in total. The molecule has 2 aromatic heterocycles. The molecule has 0 saturated carbocycles. The third kappa shape index (κ3) is 3.38. The molecule has 0 aliphatic carbocycles. The molecule has 1 amide bonds. The molecule has 1 saturated heterocycles. The van der Waals surface area contributed by atoms with Crippen LogP contribution < -0.4 is 0 Å². The Hall–Kier alpha value is -2.08. The van der Waals surface area contributed by atoms with Crippen molar-refractivity contribution >= 4 is 5.91 Å². The standard InChI is InChI=1S/C18H25N3O3/c1-13-15(12-19-20(13)2)18(23)21-9-5-3-4-7-14(21)11-16(22)17-8-6-10-24-17/h6,8,10,12,14,16,22H,3-5,7,9,11H2,1-2H3. The molecule has 0 radical (unpaired) electrons. The highest BCUT2D eigenvalue weighted by molar-refractivity contribution is 5.95. The van der Waals surface area contributed by atoms with Crippen molar-refractivity contribution in [2.75, 3.05) is 6.54 Å². The summed E-state index contributed by atoms with van der Waals surface area (Å²) in [6.45, 7) is 2.63. The molecule has 1 aliphatic heterocycles. The van der Waals surface area contributed by atoms with Crippen molar-refractivity contribution in [2.45, 2.75) is 51.2 Å². The zero-order chi connectivity index (χ0) is 17.1. The van der Waals surface area contributed by atoms with Gasteiger partial charge >= 0.3 is 0 Å². The van der Waals surface area contributed by atoms with Crippen LogP contribution in [0, 0.1) is 6.92 Å². The number of aromatic nitrogens is 2. The summed E-state index contributed by atoms with van der Waals surface area (Å²) in [4.78, 5) is 15.0. The predicted octanol–water partition coefficient (Wildman–Crippen LogP) is 2.83. The van der Waals surface area contributed by atoms with E-state index in [-0.39, 0.29) is 11.9 Å². The van der Waals surface area contributed by atoms with Gasteiger partial charge in [-0.3, -0.25) is 9.48 Å². The van der Waals surface area contributed by atoms with E-state index in [2.05, 4.69) is 5.10 Å². The number of hydrogen-bond donors (Lipinski definition) is 1. The van der Waals surface area contributed by atoms with Crippen molar-refractivity contribution in [3.05, 3.63) is 41.6 Å². The second kappa shape index (κ2) is 7.21. The van der Waals surface area contributed by atoms with Gasteiger partial charge in [0.05, 0.1) is 18.0 Å². The monoisotopic (exact) mass is 331 g/mol. The SMILES string of the molecule is Cc1c(C(=O)N2CCCCCC2CC(O)c2ccco2)cnn1C.